The topological polar surface area (TPSA) is 169 Å². The highest BCUT2D eigenvalue weighted by molar-refractivity contribution is 5.82. The second-order valence-electron chi connectivity index (χ2n) is 10.3. The van der Waals surface area contributed by atoms with Crippen molar-refractivity contribution in [1.29, 1.82) is 0 Å². The van der Waals surface area contributed by atoms with Gasteiger partial charge in [0.1, 0.15) is 11.8 Å². The molecule has 1 fully saturated rings. The third-order valence-electron chi connectivity index (χ3n) is 8.15. The number of aryl methyl sites for hydroxylation is 1. The lowest BCUT2D eigenvalue weighted by atomic mass is 9.54. The van der Waals surface area contributed by atoms with E-state index < -0.39 is 47.2 Å². The van der Waals surface area contributed by atoms with Crippen molar-refractivity contribution in [2.24, 2.45) is 5.73 Å². The number of likely N-dealkylation sites (tertiary alicyclic amines) is 1. The van der Waals surface area contributed by atoms with E-state index in [1.165, 1.54) is 13.0 Å². The van der Waals surface area contributed by atoms with Crippen LogP contribution in [-0.4, -0.2) is 81.6 Å². The molecule has 5 N–H and O–H groups in total. The molecule has 0 saturated carbocycles. The summed E-state index contributed by atoms with van der Waals surface area (Å²) in [5.41, 5.74) is 4.96. The van der Waals surface area contributed by atoms with Crippen LogP contribution in [0.5, 0.6) is 11.5 Å². The molecule has 0 amide bonds. The molecule has 6 atom stereocenters. The largest absolute Gasteiger partial charge is 0.504 e. The molecule has 2 aliphatic heterocycles. The number of hydrogen-bond acceptors (Lipinski definition) is 10. The first kappa shape index (κ1) is 26.9. The number of aromatic hydroxyl groups is 1. The highest BCUT2D eigenvalue weighted by Gasteiger charge is 2.69. The van der Waals surface area contributed by atoms with E-state index in [0.717, 1.165) is 5.56 Å². The van der Waals surface area contributed by atoms with Crippen LogP contribution in [0.1, 0.15) is 50.7 Å². The van der Waals surface area contributed by atoms with Gasteiger partial charge in [-0.3, -0.25) is 9.59 Å². The Balaban J connectivity index is 1.61. The van der Waals surface area contributed by atoms with Crippen molar-refractivity contribution < 1.29 is 43.9 Å². The molecule has 4 rings (SSSR count). The minimum absolute atomic E-state index is 0.0679. The molecular formula is C26H34N2O9. The molecule has 2 heterocycles. The Hall–Kier alpha value is -3.15. The zero-order valence-corrected chi connectivity index (χ0v) is 21.4. The van der Waals surface area contributed by atoms with Crippen molar-refractivity contribution in [3.8, 4) is 11.5 Å². The van der Waals surface area contributed by atoms with E-state index >= 15 is 0 Å². The molecule has 37 heavy (non-hydrogen) atoms. The summed E-state index contributed by atoms with van der Waals surface area (Å²) in [6.45, 7) is 5.80. The van der Waals surface area contributed by atoms with Gasteiger partial charge in [-0.05, 0) is 64.9 Å². The van der Waals surface area contributed by atoms with Gasteiger partial charge in [0.2, 0.25) is 0 Å². The molecule has 1 spiro atoms. The minimum Gasteiger partial charge on any atom is -0.504 e. The Morgan fingerprint density at radius 3 is 2.68 bits per heavy atom. The minimum atomic E-state index is -1.32. The Labute approximate surface area is 214 Å². The number of piperidine rings is 1. The van der Waals surface area contributed by atoms with Crippen LogP contribution in [0.25, 0.3) is 0 Å². The van der Waals surface area contributed by atoms with Crippen molar-refractivity contribution in [3.63, 3.8) is 0 Å². The maximum Gasteiger partial charge on any atom is 0.352 e. The van der Waals surface area contributed by atoms with Gasteiger partial charge >= 0.3 is 17.9 Å². The van der Waals surface area contributed by atoms with Crippen LogP contribution < -0.4 is 10.5 Å². The normalized spacial score (nSPS) is 30.1. The molecule has 11 nitrogen and oxygen atoms in total. The summed E-state index contributed by atoms with van der Waals surface area (Å²) in [6, 6.07) is 1.85. The van der Waals surface area contributed by atoms with Crippen LogP contribution >= 0.6 is 0 Å². The number of nitrogens with two attached hydrogens (primary N) is 1. The summed E-state index contributed by atoms with van der Waals surface area (Å²) in [4.78, 5) is 37.9. The first-order valence-electron chi connectivity index (χ1n) is 12.4. The second kappa shape index (κ2) is 9.62. The summed E-state index contributed by atoms with van der Waals surface area (Å²) in [6.07, 6.45) is -0.390. The number of nitrogens with zero attached hydrogens (tertiary/aromatic N) is 1. The van der Waals surface area contributed by atoms with E-state index in [1.807, 2.05) is 20.9 Å². The number of rotatable bonds is 7. The Kier molecular flexibility index (Phi) is 7.00. The number of ether oxygens (including phenoxy) is 3. The number of phenolic OH excluding ortho intramolecular Hbond substituents is 1. The van der Waals surface area contributed by atoms with E-state index in [0.29, 0.717) is 18.5 Å². The summed E-state index contributed by atoms with van der Waals surface area (Å²) in [7, 11) is 1.94. The monoisotopic (exact) mass is 518 g/mol. The van der Waals surface area contributed by atoms with Gasteiger partial charge in [-0.1, -0.05) is 6.07 Å². The van der Waals surface area contributed by atoms with E-state index in [2.05, 4.69) is 4.90 Å². The summed E-state index contributed by atoms with van der Waals surface area (Å²) in [5.74, 6) is -2.53. The molecule has 0 radical (unpaired) electrons. The lowest BCUT2D eigenvalue weighted by molar-refractivity contribution is -0.172. The zero-order chi connectivity index (χ0) is 27.3. The average molecular weight is 519 g/mol. The van der Waals surface area contributed by atoms with Gasteiger partial charge in [0.25, 0.3) is 0 Å². The quantitative estimate of drug-likeness (QED) is 0.381. The number of aliphatic carboxylic acids is 1. The number of carboxylic acid groups (broad SMARTS) is 1. The maximum absolute atomic E-state index is 12.9. The Bertz CT molecular complexity index is 1150. The summed E-state index contributed by atoms with van der Waals surface area (Å²) >= 11 is 0. The molecule has 3 aliphatic rings. The van der Waals surface area contributed by atoms with Crippen LogP contribution in [0.3, 0.4) is 0 Å². The molecule has 202 valence electrons. The molecule has 1 aromatic rings. The molecule has 1 saturated heterocycles. The number of carbonyl (C=O) groups is 3. The number of aliphatic hydroxyl groups is 1. The molecule has 0 bridgehead atoms. The number of carbonyl (C=O) groups excluding carboxylic acids is 2. The molecule has 1 aromatic carbocycles. The van der Waals surface area contributed by atoms with Crippen LogP contribution in [-0.2, 0) is 29.3 Å². The molecule has 1 aliphatic carbocycles. The predicted octanol–water partition coefficient (Wildman–Crippen LogP) is 1.11. The zero-order valence-electron chi connectivity index (χ0n) is 21.4. The van der Waals surface area contributed by atoms with E-state index in [1.54, 1.807) is 12.1 Å². The second-order valence-corrected chi connectivity index (χ2v) is 10.3. The lowest BCUT2D eigenvalue weighted by Crippen LogP contribution is -2.71. The number of carboxylic acids is 1. The van der Waals surface area contributed by atoms with Crippen LogP contribution in [0.4, 0.5) is 0 Å². The highest BCUT2D eigenvalue weighted by Crippen LogP contribution is 2.62. The number of benzene rings is 1. The van der Waals surface area contributed by atoms with Crippen LogP contribution in [0, 0.1) is 6.92 Å². The smallest absolute Gasteiger partial charge is 0.352 e. The van der Waals surface area contributed by atoms with Gasteiger partial charge in [0, 0.05) is 24.4 Å². The van der Waals surface area contributed by atoms with E-state index in [9.17, 15) is 24.6 Å². The number of fused-ring (bicyclic) bond motifs is 1. The lowest BCUT2D eigenvalue weighted by Gasteiger charge is -2.58. The first-order valence-corrected chi connectivity index (χ1v) is 12.4. The summed E-state index contributed by atoms with van der Waals surface area (Å²) in [5, 5.41) is 31.6. The van der Waals surface area contributed by atoms with Crippen LogP contribution in [0.2, 0.25) is 0 Å². The maximum atomic E-state index is 12.9. The standard InChI is InChI=1S/C26H34N2O9/c1-13-5-7-17(29)21-20(13)25-11-12-28(4)15(3)26(25,34)10-9-18(22(25)37-21)36-23(32)14(2)35-24(33)16(27)6-8-19(30)31/h5,7,9,14-16,22,29,34H,6,8,10-12,27H2,1-4H3,(H,30,31)/t14-,15+,16-,22-,25-,26+/m0/s1. The highest BCUT2D eigenvalue weighted by atomic mass is 16.6. The number of hydrogen-bond donors (Lipinski definition) is 4. The fourth-order valence-electron chi connectivity index (χ4n) is 5.91. The van der Waals surface area contributed by atoms with Crippen LogP contribution in [0.15, 0.2) is 24.0 Å². The van der Waals surface area contributed by atoms with Crippen molar-refractivity contribution in [2.75, 3.05) is 13.6 Å². The van der Waals surface area contributed by atoms with Gasteiger partial charge in [-0.25, -0.2) is 4.79 Å². The first-order chi connectivity index (χ1) is 17.3. The summed E-state index contributed by atoms with van der Waals surface area (Å²) < 4.78 is 17.0. The fourth-order valence-corrected chi connectivity index (χ4v) is 5.91. The molecule has 0 unspecified atom stereocenters. The predicted molar refractivity (Wildman–Crippen MR) is 130 cm³/mol. The average Bonchev–Trinajstić information content (AvgIpc) is 3.22. The van der Waals surface area contributed by atoms with Gasteiger partial charge in [0.05, 0.1) is 11.0 Å². The molecule has 0 aromatic heterocycles. The third-order valence-corrected chi connectivity index (χ3v) is 8.15. The van der Waals surface area contributed by atoms with Crippen molar-refractivity contribution >= 4 is 17.9 Å². The van der Waals surface area contributed by atoms with Crippen molar-refractivity contribution in [3.05, 3.63) is 35.1 Å². The Morgan fingerprint density at radius 2 is 2.00 bits per heavy atom. The van der Waals surface area contributed by atoms with E-state index in [-0.39, 0.29) is 42.6 Å². The van der Waals surface area contributed by atoms with Gasteiger partial charge < -0.3 is 40.2 Å². The number of esters is 2. The Morgan fingerprint density at radius 1 is 1.30 bits per heavy atom. The van der Waals surface area contributed by atoms with E-state index in [4.69, 9.17) is 25.1 Å². The number of likely N-dealkylation sites (N-methyl/N-ethyl adjacent to an activating group) is 1. The van der Waals surface area contributed by atoms with Gasteiger partial charge in [0.15, 0.2) is 23.7 Å². The fraction of sp³-hybridized carbons (Fsp3) is 0.577. The SMILES string of the molecule is Cc1ccc(O)c2c1[C@]13CCN(C)[C@H](C)[C@]1(O)CC=C(OC(=O)[C@H](C)OC(=O)[C@@H](N)CCC(=O)O)[C@@H]3O2. The van der Waals surface area contributed by atoms with Gasteiger partial charge in [-0.15, -0.1) is 0 Å². The third kappa shape index (κ3) is 4.24. The van der Waals surface area contributed by atoms with Crippen molar-refractivity contribution in [1.82, 2.24) is 4.90 Å². The van der Waals surface area contributed by atoms with Gasteiger partial charge in [-0.2, -0.15) is 0 Å². The molecular weight excluding hydrogens is 484 g/mol. The molecule has 11 heteroatoms. The number of phenols is 1. The van der Waals surface area contributed by atoms with Crippen molar-refractivity contribution in [2.45, 2.75) is 81.8 Å².